The van der Waals surface area contributed by atoms with Crippen molar-refractivity contribution in [2.45, 2.75) is 41.5 Å². The predicted octanol–water partition coefficient (Wildman–Crippen LogP) is 6.19. The fourth-order valence-electron chi connectivity index (χ4n) is 5.65. The van der Waals surface area contributed by atoms with Crippen LogP contribution in [-0.2, 0) is 0 Å². The third-order valence-corrected chi connectivity index (χ3v) is 7.24. The summed E-state index contributed by atoms with van der Waals surface area (Å²) in [5.41, 5.74) is 5.66. The molecule has 210 valence electrons. The molecule has 0 N–H and O–H groups in total. The summed E-state index contributed by atoms with van der Waals surface area (Å²) < 4.78 is 2.26. The van der Waals surface area contributed by atoms with Crippen LogP contribution in [0.1, 0.15) is 34.9 Å². The first-order valence-electron chi connectivity index (χ1n) is 14.0. The van der Waals surface area contributed by atoms with Crippen LogP contribution >= 0.6 is 0 Å². The van der Waals surface area contributed by atoms with Gasteiger partial charge in [0.15, 0.2) is 17.5 Å². The Kier molecular flexibility index (Phi) is 6.19. The highest BCUT2D eigenvalue weighted by atomic mass is 15.1. The molecule has 0 saturated heterocycles. The van der Waals surface area contributed by atoms with E-state index in [9.17, 15) is 0 Å². The monoisotopic (exact) mass is 564 g/mol. The van der Waals surface area contributed by atoms with Gasteiger partial charge in [0.1, 0.15) is 34.9 Å². The van der Waals surface area contributed by atoms with E-state index in [0.29, 0.717) is 52.4 Å². The van der Waals surface area contributed by atoms with E-state index < -0.39 is 0 Å². The molecule has 0 spiro atoms. The number of benzene rings is 3. The standard InChI is InChI=1S/C33H28N10/c1-17-34-18(2)38-31(37-17)23-11-13-29-26(15-23)25-9-7-8-10-28(25)43(29)30-14-12-24(32-39-19(3)35-20(4)40-32)16-27(30)33-41-21(5)36-22(6)42-33/h7-16H,1-6H3. The quantitative estimate of drug-likeness (QED) is 0.246. The Morgan fingerprint density at radius 1 is 0.419 bits per heavy atom. The van der Waals surface area contributed by atoms with Crippen molar-refractivity contribution in [1.82, 2.24) is 49.4 Å². The largest absolute Gasteiger partial charge is 0.309 e. The zero-order valence-electron chi connectivity index (χ0n) is 24.7. The first-order valence-corrected chi connectivity index (χ1v) is 14.0. The van der Waals surface area contributed by atoms with Crippen molar-refractivity contribution in [2.24, 2.45) is 0 Å². The third kappa shape index (κ3) is 4.76. The molecule has 10 heteroatoms. The minimum Gasteiger partial charge on any atom is -0.309 e. The van der Waals surface area contributed by atoms with E-state index in [-0.39, 0.29) is 0 Å². The molecule has 0 aliphatic heterocycles. The highest BCUT2D eigenvalue weighted by Crippen LogP contribution is 2.38. The molecule has 43 heavy (non-hydrogen) atoms. The van der Waals surface area contributed by atoms with Crippen LogP contribution in [0.5, 0.6) is 0 Å². The van der Waals surface area contributed by atoms with Crippen molar-refractivity contribution < 1.29 is 0 Å². The van der Waals surface area contributed by atoms with Gasteiger partial charge < -0.3 is 4.57 Å². The van der Waals surface area contributed by atoms with Crippen molar-refractivity contribution in [3.05, 3.63) is 95.6 Å². The Bertz CT molecular complexity index is 2160. The highest BCUT2D eigenvalue weighted by molar-refractivity contribution is 6.10. The SMILES string of the molecule is Cc1nc(C)nc(-c2ccc(-n3c4ccccc4c4cc(-c5nc(C)nc(C)n5)ccc43)c(-c3nc(C)nc(C)n3)c2)n1. The molecule has 7 rings (SSSR count). The fourth-order valence-corrected chi connectivity index (χ4v) is 5.65. The van der Waals surface area contributed by atoms with Crippen LogP contribution < -0.4 is 0 Å². The van der Waals surface area contributed by atoms with Crippen molar-refractivity contribution in [2.75, 3.05) is 0 Å². The highest BCUT2D eigenvalue weighted by Gasteiger charge is 2.20. The second-order valence-corrected chi connectivity index (χ2v) is 10.6. The Balaban J connectivity index is 1.52. The molecule has 0 aliphatic carbocycles. The van der Waals surface area contributed by atoms with Gasteiger partial charge in [-0.25, -0.2) is 44.9 Å². The van der Waals surface area contributed by atoms with E-state index in [1.165, 1.54) is 0 Å². The van der Waals surface area contributed by atoms with Crippen LogP contribution in [0.25, 0.3) is 61.7 Å². The summed E-state index contributed by atoms with van der Waals surface area (Å²) in [6.45, 7) is 11.3. The number of aryl methyl sites for hydroxylation is 6. The average molecular weight is 565 g/mol. The topological polar surface area (TPSA) is 121 Å². The van der Waals surface area contributed by atoms with Crippen LogP contribution in [0, 0.1) is 41.5 Å². The maximum absolute atomic E-state index is 4.76. The van der Waals surface area contributed by atoms with Crippen LogP contribution in [0.2, 0.25) is 0 Å². The average Bonchev–Trinajstić information content (AvgIpc) is 3.29. The number of nitrogens with zero attached hydrogens (tertiary/aromatic N) is 10. The van der Waals surface area contributed by atoms with Crippen LogP contribution in [-0.4, -0.2) is 49.4 Å². The molecule has 10 nitrogen and oxygen atoms in total. The number of rotatable bonds is 4. The van der Waals surface area contributed by atoms with Gasteiger partial charge in [-0.05, 0) is 84.0 Å². The predicted molar refractivity (Wildman–Crippen MR) is 166 cm³/mol. The van der Waals surface area contributed by atoms with Crippen molar-refractivity contribution in [3.8, 4) is 39.9 Å². The van der Waals surface area contributed by atoms with E-state index >= 15 is 0 Å². The molecule has 0 unspecified atom stereocenters. The van der Waals surface area contributed by atoms with Crippen LogP contribution in [0.15, 0.2) is 60.7 Å². The minimum absolute atomic E-state index is 0.586. The lowest BCUT2D eigenvalue weighted by molar-refractivity contribution is 0.924. The molecule has 0 aliphatic rings. The van der Waals surface area contributed by atoms with Gasteiger partial charge in [0.25, 0.3) is 0 Å². The van der Waals surface area contributed by atoms with Gasteiger partial charge in [-0.1, -0.05) is 18.2 Å². The van der Waals surface area contributed by atoms with Crippen molar-refractivity contribution in [3.63, 3.8) is 0 Å². The molecule has 4 aromatic heterocycles. The van der Waals surface area contributed by atoms with E-state index in [0.717, 1.165) is 44.2 Å². The first kappa shape index (κ1) is 26.4. The molecule has 4 heterocycles. The maximum atomic E-state index is 4.76. The molecule has 0 saturated carbocycles. The van der Waals surface area contributed by atoms with E-state index in [2.05, 4.69) is 94.1 Å². The zero-order chi connectivity index (χ0) is 29.8. The second kappa shape index (κ2) is 10.1. The molecule has 7 aromatic rings. The lowest BCUT2D eigenvalue weighted by Gasteiger charge is -2.15. The van der Waals surface area contributed by atoms with Gasteiger partial charge in [-0.15, -0.1) is 0 Å². The summed E-state index contributed by atoms with van der Waals surface area (Å²) in [5, 5.41) is 2.20. The lowest BCUT2D eigenvalue weighted by Crippen LogP contribution is -2.04. The minimum atomic E-state index is 0.586. The van der Waals surface area contributed by atoms with E-state index in [1.807, 2.05) is 47.6 Å². The molecule has 0 radical (unpaired) electrons. The Labute approximate surface area is 248 Å². The van der Waals surface area contributed by atoms with Crippen molar-refractivity contribution >= 4 is 21.8 Å². The first-order chi connectivity index (χ1) is 20.7. The summed E-state index contributed by atoms with van der Waals surface area (Å²) in [6, 6.07) is 20.9. The van der Waals surface area contributed by atoms with Gasteiger partial charge in [0.05, 0.1) is 16.7 Å². The van der Waals surface area contributed by atoms with Gasteiger partial charge in [0.2, 0.25) is 0 Å². The van der Waals surface area contributed by atoms with E-state index in [1.54, 1.807) is 0 Å². The lowest BCUT2D eigenvalue weighted by atomic mass is 10.1. The van der Waals surface area contributed by atoms with Gasteiger partial charge in [0, 0.05) is 27.5 Å². The number of hydrogen-bond acceptors (Lipinski definition) is 9. The second-order valence-electron chi connectivity index (χ2n) is 10.6. The number of aromatic nitrogens is 10. The summed E-state index contributed by atoms with van der Waals surface area (Å²) in [5.74, 6) is 5.89. The Hall–Kier alpha value is -5.51. The normalized spacial score (nSPS) is 11.5. The molecule has 3 aromatic carbocycles. The Morgan fingerprint density at radius 3 is 1.47 bits per heavy atom. The van der Waals surface area contributed by atoms with Crippen LogP contribution in [0.3, 0.4) is 0 Å². The van der Waals surface area contributed by atoms with Crippen molar-refractivity contribution in [1.29, 1.82) is 0 Å². The molecule has 0 atom stereocenters. The molecular weight excluding hydrogens is 536 g/mol. The maximum Gasteiger partial charge on any atom is 0.165 e. The number of hydrogen-bond donors (Lipinski definition) is 0. The number of fused-ring (bicyclic) bond motifs is 3. The van der Waals surface area contributed by atoms with Crippen LogP contribution in [0.4, 0.5) is 0 Å². The molecule has 0 bridgehead atoms. The molecule has 0 amide bonds. The Morgan fingerprint density at radius 2 is 0.884 bits per heavy atom. The summed E-state index contributed by atoms with van der Waals surface area (Å²) in [7, 11) is 0. The van der Waals surface area contributed by atoms with Gasteiger partial charge in [-0.2, -0.15) is 0 Å². The van der Waals surface area contributed by atoms with Gasteiger partial charge >= 0.3 is 0 Å². The van der Waals surface area contributed by atoms with Gasteiger partial charge in [-0.3, -0.25) is 0 Å². The van der Waals surface area contributed by atoms with E-state index in [4.69, 9.17) is 9.97 Å². The summed E-state index contributed by atoms with van der Waals surface area (Å²) >= 11 is 0. The number of para-hydroxylation sites is 1. The summed E-state index contributed by atoms with van der Waals surface area (Å²) in [4.78, 5) is 41.1. The fraction of sp³-hybridized carbons (Fsp3) is 0.182. The summed E-state index contributed by atoms with van der Waals surface area (Å²) in [6.07, 6.45) is 0. The third-order valence-electron chi connectivity index (χ3n) is 7.24. The molecular formula is C33H28N10. The smallest absolute Gasteiger partial charge is 0.165 e. The molecule has 0 fully saturated rings. The zero-order valence-corrected chi connectivity index (χ0v) is 24.7.